The monoisotopic (exact) mass is 381 g/mol. The van der Waals surface area contributed by atoms with E-state index in [4.69, 9.17) is 0 Å². The maximum atomic E-state index is 10.7. The lowest BCUT2D eigenvalue weighted by Gasteiger charge is -2.47. The fourth-order valence-electron chi connectivity index (χ4n) is 4.12. The van der Waals surface area contributed by atoms with Crippen LogP contribution in [0.4, 0.5) is 17.2 Å². The summed E-state index contributed by atoms with van der Waals surface area (Å²) in [7, 11) is 0. The lowest BCUT2D eigenvalue weighted by atomic mass is 9.79. The molecular formula is C21H27N5O2. The third kappa shape index (κ3) is 3.83. The second kappa shape index (κ2) is 7.58. The van der Waals surface area contributed by atoms with Gasteiger partial charge in [0.25, 0.3) is 5.69 Å². The topological polar surface area (TPSA) is 83.7 Å². The van der Waals surface area contributed by atoms with E-state index in [1.54, 1.807) is 12.3 Å². The van der Waals surface area contributed by atoms with Crippen LogP contribution in [-0.4, -0.2) is 28.2 Å². The predicted molar refractivity (Wildman–Crippen MR) is 113 cm³/mol. The molecule has 7 heteroatoms. The molecule has 148 valence electrons. The predicted octanol–water partition coefficient (Wildman–Crippen LogP) is 4.86. The molecule has 0 saturated carbocycles. The van der Waals surface area contributed by atoms with Gasteiger partial charge in [-0.3, -0.25) is 15.5 Å². The Hall–Kier alpha value is -2.96. The summed E-state index contributed by atoms with van der Waals surface area (Å²) in [6.07, 6.45) is 4.10. The van der Waals surface area contributed by atoms with Gasteiger partial charge in [0.1, 0.15) is 12.0 Å². The Morgan fingerprint density at radius 1 is 1.43 bits per heavy atom. The molecule has 0 saturated heterocycles. The molecule has 1 aliphatic heterocycles. The fourth-order valence-corrected chi connectivity index (χ4v) is 4.12. The molecule has 7 nitrogen and oxygen atoms in total. The number of aryl methyl sites for hydroxylation is 1. The molecule has 0 radical (unpaired) electrons. The van der Waals surface area contributed by atoms with Crippen molar-refractivity contribution in [2.75, 3.05) is 16.9 Å². The molecule has 1 aromatic heterocycles. The van der Waals surface area contributed by atoms with Gasteiger partial charge in [-0.1, -0.05) is 6.92 Å². The maximum absolute atomic E-state index is 10.7. The highest BCUT2D eigenvalue weighted by molar-refractivity contribution is 5.84. The van der Waals surface area contributed by atoms with Gasteiger partial charge in [0, 0.05) is 23.8 Å². The van der Waals surface area contributed by atoms with Crippen molar-refractivity contribution in [3.8, 4) is 0 Å². The van der Waals surface area contributed by atoms with Gasteiger partial charge >= 0.3 is 0 Å². The summed E-state index contributed by atoms with van der Waals surface area (Å²) in [5.41, 5.74) is 7.81. The van der Waals surface area contributed by atoms with Crippen LogP contribution in [0.2, 0.25) is 0 Å². The molecule has 1 atom stereocenters. The highest BCUT2D eigenvalue weighted by Gasteiger charge is 2.35. The zero-order chi connectivity index (χ0) is 20.5. The summed E-state index contributed by atoms with van der Waals surface area (Å²) < 4.78 is 0. The summed E-state index contributed by atoms with van der Waals surface area (Å²) in [5.74, 6) is 0.939. The number of nitrogens with one attached hydrogen (secondary N) is 1. The van der Waals surface area contributed by atoms with Crippen molar-refractivity contribution < 1.29 is 4.92 Å². The van der Waals surface area contributed by atoms with E-state index in [-0.39, 0.29) is 11.2 Å². The van der Waals surface area contributed by atoms with Gasteiger partial charge in [-0.05, 0) is 74.9 Å². The van der Waals surface area contributed by atoms with Gasteiger partial charge in [0.2, 0.25) is 0 Å². The second-order valence-electron chi connectivity index (χ2n) is 7.96. The molecule has 0 spiro atoms. The summed E-state index contributed by atoms with van der Waals surface area (Å²) in [6.45, 7) is 12.2. The Morgan fingerprint density at radius 3 is 2.79 bits per heavy atom. The molecule has 1 unspecified atom stereocenters. The van der Waals surface area contributed by atoms with Gasteiger partial charge in [0.05, 0.1) is 11.1 Å². The number of hydrazone groups is 1. The van der Waals surface area contributed by atoms with Crippen molar-refractivity contribution >= 4 is 23.4 Å². The highest BCUT2D eigenvalue weighted by atomic mass is 16.6. The molecule has 1 aromatic carbocycles. The Labute approximate surface area is 165 Å². The van der Waals surface area contributed by atoms with Crippen LogP contribution in [0.25, 0.3) is 0 Å². The molecule has 0 bridgehead atoms. The van der Waals surface area contributed by atoms with Gasteiger partial charge < -0.3 is 4.90 Å². The number of nitrogens with zero attached hydrogens (tertiary/aromatic N) is 4. The Kier molecular flexibility index (Phi) is 5.36. The number of hydrogen-bond donors (Lipinski definition) is 1. The quantitative estimate of drug-likeness (QED) is 0.454. The lowest BCUT2D eigenvalue weighted by Crippen LogP contribution is -2.48. The number of rotatable bonds is 5. The maximum Gasteiger partial charge on any atom is 0.287 e. The van der Waals surface area contributed by atoms with Crippen molar-refractivity contribution in [2.45, 2.75) is 52.5 Å². The number of nitro groups is 1. The van der Waals surface area contributed by atoms with Gasteiger partial charge in [-0.15, -0.1) is 0 Å². The average Bonchev–Trinajstić information content (AvgIpc) is 2.62. The third-order valence-corrected chi connectivity index (χ3v) is 5.43. The second-order valence-corrected chi connectivity index (χ2v) is 7.96. The fraction of sp³-hybridized carbons (Fsp3) is 0.429. The molecule has 3 rings (SSSR count). The van der Waals surface area contributed by atoms with Crippen LogP contribution in [0.5, 0.6) is 0 Å². The van der Waals surface area contributed by atoms with Crippen LogP contribution >= 0.6 is 0 Å². The van der Waals surface area contributed by atoms with E-state index in [9.17, 15) is 10.1 Å². The van der Waals surface area contributed by atoms with E-state index >= 15 is 0 Å². The molecule has 1 N–H and O–H groups in total. The molecule has 28 heavy (non-hydrogen) atoms. The zero-order valence-corrected chi connectivity index (χ0v) is 17.1. The summed E-state index contributed by atoms with van der Waals surface area (Å²) >= 11 is 0. The van der Waals surface area contributed by atoms with E-state index in [2.05, 4.69) is 67.2 Å². The van der Waals surface area contributed by atoms with Crippen LogP contribution in [-0.2, 0) is 0 Å². The largest absolute Gasteiger partial charge is 0.366 e. The van der Waals surface area contributed by atoms with Gasteiger partial charge in [-0.2, -0.15) is 5.10 Å². The molecule has 0 amide bonds. The van der Waals surface area contributed by atoms with Crippen molar-refractivity contribution in [3.63, 3.8) is 0 Å². The number of pyridine rings is 1. The minimum absolute atomic E-state index is 0.0440. The molecule has 0 aliphatic carbocycles. The third-order valence-electron chi connectivity index (χ3n) is 5.43. The Balaban J connectivity index is 1.83. The van der Waals surface area contributed by atoms with Gasteiger partial charge in [0.15, 0.2) is 0 Å². The van der Waals surface area contributed by atoms with Crippen molar-refractivity contribution in [1.29, 1.82) is 0 Å². The number of aromatic nitrogens is 1. The molecular weight excluding hydrogens is 354 g/mol. The highest BCUT2D eigenvalue weighted by Crippen LogP contribution is 2.43. The summed E-state index contributed by atoms with van der Waals surface area (Å²) in [6, 6.07) is 7.42. The van der Waals surface area contributed by atoms with E-state index in [1.165, 1.54) is 23.5 Å². The summed E-state index contributed by atoms with van der Waals surface area (Å²) in [5, 5.41) is 15.0. The first-order valence-corrected chi connectivity index (χ1v) is 9.54. The molecule has 0 fully saturated rings. The molecule has 2 heterocycles. The normalized spacial score (nSPS) is 18.2. The smallest absolute Gasteiger partial charge is 0.287 e. The average molecular weight is 381 g/mol. The van der Waals surface area contributed by atoms with Crippen LogP contribution < -0.4 is 10.3 Å². The van der Waals surface area contributed by atoms with Crippen molar-refractivity contribution in [2.24, 2.45) is 5.10 Å². The first-order valence-electron chi connectivity index (χ1n) is 9.54. The van der Waals surface area contributed by atoms with Crippen LogP contribution in [0.1, 0.15) is 56.7 Å². The van der Waals surface area contributed by atoms with Gasteiger partial charge in [-0.25, -0.2) is 4.98 Å². The Morgan fingerprint density at radius 2 is 2.18 bits per heavy atom. The minimum atomic E-state index is -0.474. The standard InChI is InChI=1S/C21H27N5O2/c1-6-25-19-9-14(2)16(10-18(19)15(3)11-21(25,4)5)12-23-24-20-8-7-17(13-22-20)26(27)28/h7-10,12-13,15H,6,11H2,1-5H3,(H,22,24)/b23-12-. The van der Waals surface area contributed by atoms with E-state index in [1.807, 2.05) is 0 Å². The summed E-state index contributed by atoms with van der Waals surface area (Å²) in [4.78, 5) is 16.7. The number of anilines is 2. The van der Waals surface area contributed by atoms with Crippen LogP contribution in [0.3, 0.4) is 0 Å². The van der Waals surface area contributed by atoms with E-state index in [0.29, 0.717) is 11.7 Å². The van der Waals surface area contributed by atoms with E-state index in [0.717, 1.165) is 24.1 Å². The van der Waals surface area contributed by atoms with Crippen molar-refractivity contribution in [3.05, 3.63) is 57.3 Å². The van der Waals surface area contributed by atoms with E-state index < -0.39 is 4.92 Å². The van der Waals surface area contributed by atoms with Crippen LogP contribution in [0.15, 0.2) is 35.6 Å². The van der Waals surface area contributed by atoms with Crippen molar-refractivity contribution in [1.82, 2.24) is 4.98 Å². The first kappa shape index (κ1) is 19.8. The number of fused-ring (bicyclic) bond motifs is 1. The number of hydrogen-bond acceptors (Lipinski definition) is 6. The molecule has 2 aromatic rings. The zero-order valence-electron chi connectivity index (χ0n) is 17.1. The SMILES string of the molecule is CCN1c2cc(C)c(/C=N\Nc3ccc([N+](=O)[O-])cn3)cc2C(C)CC1(C)C. The number of benzene rings is 1. The molecule has 1 aliphatic rings. The minimum Gasteiger partial charge on any atom is -0.366 e. The first-order chi connectivity index (χ1) is 13.2. The lowest BCUT2D eigenvalue weighted by molar-refractivity contribution is -0.385. The van der Waals surface area contributed by atoms with Crippen LogP contribution in [0, 0.1) is 17.0 Å². The Bertz CT molecular complexity index is 906.